The SMILES string of the molecule is N#Cc1ncn(-c2ncc(F)cc2C(=O)O)c1C#N. The molecule has 7 nitrogen and oxygen atoms in total. The fourth-order valence-corrected chi connectivity index (χ4v) is 1.48. The monoisotopic (exact) mass is 257 g/mol. The Morgan fingerprint density at radius 2 is 2.11 bits per heavy atom. The summed E-state index contributed by atoms with van der Waals surface area (Å²) < 4.78 is 14.0. The van der Waals surface area contributed by atoms with E-state index in [2.05, 4.69) is 9.97 Å². The molecule has 8 heteroatoms. The molecule has 0 fully saturated rings. The third-order valence-electron chi connectivity index (χ3n) is 2.27. The maximum Gasteiger partial charge on any atom is 0.339 e. The minimum Gasteiger partial charge on any atom is -0.478 e. The van der Waals surface area contributed by atoms with Crippen LogP contribution in [0.2, 0.25) is 0 Å². The van der Waals surface area contributed by atoms with E-state index in [0.717, 1.165) is 23.2 Å². The van der Waals surface area contributed by atoms with Crippen molar-refractivity contribution in [1.29, 1.82) is 10.5 Å². The zero-order valence-corrected chi connectivity index (χ0v) is 9.20. The van der Waals surface area contributed by atoms with Crippen molar-refractivity contribution in [3.05, 3.63) is 41.4 Å². The smallest absolute Gasteiger partial charge is 0.339 e. The highest BCUT2D eigenvalue weighted by Gasteiger charge is 2.19. The fourth-order valence-electron chi connectivity index (χ4n) is 1.48. The van der Waals surface area contributed by atoms with Crippen molar-refractivity contribution in [3.63, 3.8) is 0 Å². The average Bonchev–Trinajstić information content (AvgIpc) is 2.81. The third-order valence-corrected chi connectivity index (χ3v) is 2.27. The number of pyridine rings is 1. The van der Waals surface area contributed by atoms with Crippen LogP contribution in [0.1, 0.15) is 21.7 Å². The van der Waals surface area contributed by atoms with Crippen LogP contribution in [0.15, 0.2) is 18.6 Å². The second kappa shape index (κ2) is 4.55. The highest BCUT2D eigenvalue weighted by Crippen LogP contribution is 2.17. The Kier molecular flexibility index (Phi) is 2.92. The first kappa shape index (κ1) is 12.2. The molecule has 1 N–H and O–H groups in total. The van der Waals surface area contributed by atoms with Gasteiger partial charge in [-0.3, -0.25) is 4.57 Å². The topological polar surface area (TPSA) is 116 Å². The molecule has 0 aliphatic rings. The number of nitrogens with zero attached hydrogens (tertiary/aromatic N) is 5. The molecule has 0 radical (unpaired) electrons. The second-order valence-electron chi connectivity index (χ2n) is 3.37. The van der Waals surface area contributed by atoms with Gasteiger partial charge in [0.25, 0.3) is 0 Å². The van der Waals surface area contributed by atoms with E-state index < -0.39 is 17.3 Å². The number of rotatable bonds is 2. The molecule has 0 atom stereocenters. The van der Waals surface area contributed by atoms with Crippen molar-refractivity contribution >= 4 is 5.97 Å². The van der Waals surface area contributed by atoms with Crippen LogP contribution in [-0.2, 0) is 0 Å². The van der Waals surface area contributed by atoms with E-state index in [4.69, 9.17) is 15.6 Å². The number of aromatic carboxylic acids is 1. The van der Waals surface area contributed by atoms with Gasteiger partial charge in [0.05, 0.1) is 6.20 Å². The molecule has 0 saturated heterocycles. The molecule has 2 rings (SSSR count). The van der Waals surface area contributed by atoms with Gasteiger partial charge in [0, 0.05) is 0 Å². The van der Waals surface area contributed by atoms with E-state index in [9.17, 15) is 9.18 Å². The molecule has 0 bridgehead atoms. The summed E-state index contributed by atoms with van der Waals surface area (Å²) in [5.41, 5.74) is -0.757. The van der Waals surface area contributed by atoms with Crippen LogP contribution >= 0.6 is 0 Å². The molecule has 19 heavy (non-hydrogen) atoms. The summed E-state index contributed by atoms with van der Waals surface area (Å²) >= 11 is 0. The number of hydrogen-bond acceptors (Lipinski definition) is 5. The molecule has 2 heterocycles. The Bertz CT molecular complexity index is 753. The summed E-state index contributed by atoms with van der Waals surface area (Å²) in [4.78, 5) is 18.3. The molecule has 2 aromatic heterocycles. The van der Waals surface area contributed by atoms with E-state index in [1.54, 1.807) is 12.1 Å². The Hall–Kier alpha value is -3.26. The lowest BCUT2D eigenvalue weighted by Crippen LogP contribution is -2.09. The number of imidazole rings is 1. The number of aromatic nitrogens is 3. The first-order valence-corrected chi connectivity index (χ1v) is 4.85. The summed E-state index contributed by atoms with van der Waals surface area (Å²) in [6.07, 6.45) is 1.90. The van der Waals surface area contributed by atoms with Crippen LogP contribution in [0, 0.1) is 28.5 Å². The van der Waals surface area contributed by atoms with Crippen molar-refractivity contribution in [3.8, 4) is 18.0 Å². The highest BCUT2D eigenvalue weighted by molar-refractivity contribution is 5.91. The molecule has 0 spiro atoms. The van der Waals surface area contributed by atoms with Gasteiger partial charge in [-0.05, 0) is 6.07 Å². The van der Waals surface area contributed by atoms with Gasteiger partial charge in [-0.1, -0.05) is 0 Å². The fraction of sp³-hybridized carbons (Fsp3) is 0. The number of carbonyl (C=O) groups is 1. The van der Waals surface area contributed by atoms with Gasteiger partial charge in [-0.25, -0.2) is 19.2 Å². The standard InChI is InChI=1S/C11H4FN5O2/c12-6-1-7(11(18)19)10(15-4-6)17-5-16-8(2-13)9(17)3-14/h1,4-5H,(H,18,19). The van der Waals surface area contributed by atoms with Gasteiger partial charge >= 0.3 is 5.97 Å². The number of carboxylic acid groups (broad SMARTS) is 1. The van der Waals surface area contributed by atoms with Crippen molar-refractivity contribution in [2.24, 2.45) is 0 Å². The van der Waals surface area contributed by atoms with Gasteiger partial charge < -0.3 is 5.11 Å². The van der Waals surface area contributed by atoms with Crippen LogP contribution in [0.25, 0.3) is 5.82 Å². The quantitative estimate of drug-likeness (QED) is 0.852. The summed E-state index contributed by atoms with van der Waals surface area (Å²) in [7, 11) is 0. The molecule has 0 aromatic carbocycles. The zero-order chi connectivity index (χ0) is 14.0. The normalized spacial score (nSPS) is 9.63. The number of hydrogen-bond donors (Lipinski definition) is 1. The summed E-state index contributed by atoms with van der Waals surface area (Å²) in [5, 5.41) is 26.7. The summed E-state index contributed by atoms with van der Waals surface area (Å²) in [6.45, 7) is 0. The van der Waals surface area contributed by atoms with Crippen molar-refractivity contribution in [2.45, 2.75) is 0 Å². The molecular weight excluding hydrogens is 253 g/mol. The summed E-state index contributed by atoms with van der Waals surface area (Å²) in [5.74, 6) is -2.40. The predicted octanol–water partition coefficient (Wildman–Crippen LogP) is 0.848. The Morgan fingerprint density at radius 1 is 1.37 bits per heavy atom. The number of carboxylic acids is 1. The van der Waals surface area contributed by atoms with Crippen LogP contribution in [0.4, 0.5) is 4.39 Å². The third kappa shape index (κ3) is 1.98. The minimum atomic E-state index is -1.40. The summed E-state index contributed by atoms with van der Waals surface area (Å²) in [6, 6.07) is 4.19. The maximum atomic E-state index is 13.0. The van der Waals surface area contributed by atoms with Crippen LogP contribution in [0.5, 0.6) is 0 Å². The van der Waals surface area contributed by atoms with Gasteiger partial charge in [-0.2, -0.15) is 10.5 Å². The molecule has 0 aliphatic heterocycles. The van der Waals surface area contributed by atoms with E-state index in [1.165, 1.54) is 0 Å². The van der Waals surface area contributed by atoms with Crippen LogP contribution < -0.4 is 0 Å². The number of halogens is 1. The van der Waals surface area contributed by atoms with Crippen LogP contribution in [0.3, 0.4) is 0 Å². The largest absolute Gasteiger partial charge is 0.478 e. The van der Waals surface area contributed by atoms with Crippen molar-refractivity contribution in [1.82, 2.24) is 14.5 Å². The Morgan fingerprint density at radius 3 is 2.68 bits per heavy atom. The zero-order valence-electron chi connectivity index (χ0n) is 9.20. The van der Waals surface area contributed by atoms with Gasteiger partial charge in [-0.15, -0.1) is 0 Å². The molecular formula is C11H4FN5O2. The predicted molar refractivity (Wildman–Crippen MR) is 57.7 cm³/mol. The first-order valence-electron chi connectivity index (χ1n) is 4.85. The Balaban J connectivity index is 2.74. The van der Waals surface area contributed by atoms with E-state index in [1.807, 2.05) is 0 Å². The van der Waals surface area contributed by atoms with Crippen molar-refractivity contribution < 1.29 is 14.3 Å². The number of nitriles is 2. The molecule has 0 unspecified atom stereocenters. The van der Waals surface area contributed by atoms with E-state index >= 15 is 0 Å². The second-order valence-corrected chi connectivity index (χ2v) is 3.37. The first-order chi connectivity index (χ1) is 9.08. The van der Waals surface area contributed by atoms with E-state index in [-0.39, 0.29) is 17.2 Å². The molecule has 2 aromatic rings. The Labute approximate surface area is 105 Å². The molecule has 0 saturated carbocycles. The highest BCUT2D eigenvalue weighted by atomic mass is 19.1. The van der Waals surface area contributed by atoms with Gasteiger partial charge in [0.1, 0.15) is 29.8 Å². The lowest BCUT2D eigenvalue weighted by molar-refractivity contribution is 0.0696. The lowest BCUT2D eigenvalue weighted by Gasteiger charge is -2.06. The molecule has 92 valence electrons. The molecule has 0 aliphatic carbocycles. The van der Waals surface area contributed by atoms with Crippen molar-refractivity contribution in [2.75, 3.05) is 0 Å². The van der Waals surface area contributed by atoms with E-state index in [0.29, 0.717) is 0 Å². The maximum absolute atomic E-state index is 13.0. The van der Waals surface area contributed by atoms with Gasteiger partial charge in [0.15, 0.2) is 17.2 Å². The lowest BCUT2D eigenvalue weighted by atomic mass is 10.2. The van der Waals surface area contributed by atoms with Crippen LogP contribution in [-0.4, -0.2) is 25.6 Å². The molecule has 0 amide bonds. The average molecular weight is 257 g/mol. The minimum absolute atomic E-state index is 0.162. The van der Waals surface area contributed by atoms with Gasteiger partial charge in [0.2, 0.25) is 0 Å².